The molecule has 0 N–H and O–H groups in total. The largest absolute Gasteiger partial charge is 0.490 e. The highest BCUT2D eigenvalue weighted by Gasteiger charge is 2.46. The Hall–Kier alpha value is -2.27. The van der Waals surface area contributed by atoms with Crippen LogP contribution >= 0.6 is 0 Å². The number of ether oxygens (including phenoxy) is 3. The van der Waals surface area contributed by atoms with Gasteiger partial charge in [0.1, 0.15) is 6.61 Å². The average molecular weight is 344 g/mol. The molecular formula is C20H24O5. The molecule has 134 valence electrons. The molecule has 2 aromatic rings. The summed E-state index contributed by atoms with van der Waals surface area (Å²) in [5, 5.41) is 0.794. The second-order valence-electron chi connectivity index (χ2n) is 6.88. The maximum atomic E-state index is 11.5. The first-order valence-electron chi connectivity index (χ1n) is 8.48. The van der Waals surface area contributed by atoms with E-state index in [2.05, 4.69) is 26.8 Å². The number of rotatable bonds is 7. The molecule has 0 saturated carbocycles. The predicted molar refractivity (Wildman–Crippen MR) is 96.5 cm³/mol. The highest BCUT2D eigenvalue weighted by molar-refractivity contribution is 5.85. The highest BCUT2D eigenvalue weighted by Crippen LogP contribution is 2.39. The molecule has 5 nitrogen and oxygen atoms in total. The van der Waals surface area contributed by atoms with Gasteiger partial charge in [-0.1, -0.05) is 5.57 Å². The van der Waals surface area contributed by atoms with Crippen LogP contribution in [0.3, 0.4) is 0 Å². The molecule has 0 radical (unpaired) electrons. The fourth-order valence-corrected chi connectivity index (χ4v) is 2.87. The smallest absolute Gasteiger partial charge is 0.336 e. The zero-order valence-electron chi connectivity index (χ0n) is 15.1. The van der Waals surface area contributed by atoms with Gasteiger partial charge in [0.2, 0.25) is 5.75 Å². The van der Waals surface area contributed by atoms with Crippen LogP contribution in [0.25, 0.3) is 11.0 Å². The van der Waals surface area contributed by atoms with Crippen molar-refractivity contribution >= 4 is 11.0 Å². The number of benzene rings is 1. The quantitative estimate of drug-likeness (QED) is 0.430. The fourth-order valence-electron chi connectivity index (χ4n) is 2.87. The second-order valence-corrected chi connectivity index (χ2v) is 6.88. The Balaban J connectivity index is 1.64. The van der Waals surface area contributed by atoms with Crippen LogP contribution in [0.4, 0.5) is 0 Å². The topological polar surface area (TPSA) is 61.2 Å². The Morgan fingerprint density at radius 2 is 2.00 bits per heavy atom. The minimum absolute atomic E-state index is 0.0408. The van der Waals surface area contributed by atoms with Crippen LogP contribution in [0.15, 0.2) is 45.1 Å². The van der Waals surface area contributed by atoms with E-state index in [9.17, 15) is 4.79 Å². The van der Waals surface area contributed by atoms with Crippen LogP contribution in [-0.2, 0) is 4.74 Å². The van der Waals surface area contributed by atoms with Gasteiger partial charge in [-0.05, 0) is 57.9 Å². The number of hydrogen-bond donors (Lipinski definition) is 0. The van der Waals surface area contributed by atoms with E-state index < -0.39 is 5.63 Å². The van der Waals surface area contributed by atoms with Gasteiger partial charge in [-0.15, -0.1) is 0 Å². The summed E-state index contributed by atoms with van der Waals surface area (Å²) in [6.07, 6.45) is 4.43. The number of allylic oxidation sites excluding steroid dienone is 1. The summed E-state index contributed by atoms with van der Waals surface area (Å²) in [5.74, 6) is 0.995. The molecule has 1 fully saturated rings. The molecule has 5 heteroatoms. The molecule has 0 spiro atoms. The molecule has 1 saturated heterocycles. The molecule has 1 aliphatic rings. The van der Waals surface area contributed by atoms with Crippen LogP contribution in [0.2, 0.25) is 0 Å². The monoisotopic (exact) mass is 344 g/mol. The van der Waals surface area contributed by atoms with Gasteiger partial charge >= 0.3 is 5.63 Å². The third kappa shape index (κ3) is 4.04. The summed E-state index contributed by atoms with van der Waals surface area (Å²) >= 11 is 0. The van der Waals surface area contributed by atoms with Crippen molar-refractivity contribution in [3.8, 4) is 11.5 Å². The molecule has 1 aliphatic heterocycles. The SMILES string of the molecule is COc1c(OC/C=C(\C)CCC2OC2(C)C)ccc2ccc(=O)oc12. The molecule has 0 amide bonds. The lowest BCUT2D eigenvalue weighted by molar-refractivity contribution is 0.319. The predicted octanol–water partition coefficient (Wildman–Crippen LogP) is 4.08. The van der Waals surface area contributed by atoms with Gasteiger partial charge in [-0.2, -0.15) is 0 Å². The number of fused-ring (bicyclic) bond motifs is 1. The number of methoxy groups -OCH3 is 1. The van der Waals surface area contributed by atoms with Gasteiger partial charge in [0.25, 0.3) is 0 Å². The van der Waals surface area contributed by atoms with Gasteiger partial charge < -0.3 is 18.6 Å². The summed E-state index contributed by atoms with van der Waals surface area (Å²) in [6.45, 7) is 6.75. The fraction of sp³-hybridized carbons (Fsp3) is 0.450. The van der Waals surface area contributed by atoms with E-state index in [0.717, 1.165) is 18.2 Å². The zero-order chi connectivity index (χ0) is 18.0. The first kappa shape index (κ1) is 17.5. The summed E-state index contributed by atoms with van der Waals surface area (Å²) in [7, 11) is 1.53. The number of epoxide rings is 1. The van der Waals surface area contributed by atoms with Crippen molar-refractivity contribution in [3.05, 3.63) is 46.3 Å². The van der Waals surface area contributed by atoms with Crippen molar-refractivity contribution in [2.75, 3.05) is 13.7 Å². The second kappa shape index (κ2) is 6.92. The molecular weight excluding hydrogens is 320 g/mol. The van der Waals surface area contributed by atoms with E-state index in [0.29, 0.717) is 29.8 Å². The van der Waals surface area contributed by atoms with Crippen molar-refractivity contribution in [2.45, 2.75) is 45.3 Å². The molecule has 3 rings (SSSR count). The van der Waals surface area contributed by atoms with Gasteiger partial charge in [-0.25, -0.2) is 4.79 Å². The van der Waals surface area contributed by atoms with Gasteiger partial charge in [0.05, 0.1) is 18.8 Å². The van der Waals surface area contributed by atoms with Crippen molar-refractivity contribution < 1.29 is 18.6 Å². The highest BCUT2D eigenvalue weighted by atomic mass is 16.6. The average Bonchev–Trinajstić information content (AvgIpc) is 3.19. The van der Waals surface area contributed by atoms with E-state index in [1.54, 1.807) is 6.07 Å². The molecule has 1 aromatic carbocycles. The van der Waals surface area contributed by atoms with E-state index in [1.165, 1.54) is 18.7 Å². The molecule has 1 atom stereocenters. The first-order valence-corrected chi connectivity index (χ1v) is 8.48. The van der Waals surface area contributed by atoms with E-state index in [1.807, 2.05) is 12.1 Å². The minimum Gasteiger partial charge on any atom is -0.490 e. The standard InChI is InChI=1S/C20H24O5/c1-13(5-9-16-20(2,3)25-16)11-12-23-15-8-6-14-7-10-17(21)24-18(14)19(15)22-4/h6-8,10-11,16H,5,9,12H2,1-4H3/b13-11+. The minimum atomic E-state index is -0.413. The van der Waals surface area contributed by atoms with Crippen LogP contribution in [0.1, 0.15) is 33.6 Å². The van der Waals surface area contributed by atoms with Crippen molar-refractivity contribution in [1.29, 1.82) is 0 Å². The Labute approximate surface area is 147 Å². The third-order valence-electron chi connectivity index (χ3n) is 4.55. The van der Waals surface area contributed by atoms with Gasteiger partial charge in [0, 0.05) is 11.5 Å². The lowest BCUT2D eigenvalue weighted by atomic mass is 10.0. The lowest BCUT2D eigenvalue weighted by Gasteiger charge is -2.11. The Kier molecular flexibility index (Phi) is 4.86. The van der Waals surface area contributed by atoms with Crippen LogP contribution in [-0.4, -0.2) is 25.4 Å². The van der Waals surface area contributed by atoms with Crippen molar-refractivity contribution in [2.24, 2.45) is 0 Å². The summed E-state index contributed by atoms with van der Waals surface area (Å²) < 4.78 is 22.1. The molecule has 0 bridgehead atoms. The summed E-state index contributed by atoms with van der Waals surface area (Å²) in [5.41, 5.74) is 1.29. The van der Waals surface area contributed by atoms with E-state index >= 15 is 0 Å². The third-order valence-corrected chi connectivity index (χ3v) is 4.55. The maximum absolute atomic E-state index is 11.5. The van der Waals surface area contributed by atoms with Gasteiger partial charge in [-0.3, -0.25) is 0 Å². The lowest BCUT2D eigenvalue weighted by Crippen LogP contribution is -2.03. The van der Waals surface area contributed by atoms with E-state index in [-0.39, 0.29) is 5.60 Å². The van der Waals surface area contributed by atoms with Crippen LogP contribution in [0, 0.1) is 0 Å². The molecule has 1 unspecified atom stereocenters. The molecule has 0 aliphatic carbocycles. The Morgan fingerprint density at radius 1 is 1.28 bits per heavy atom. The molecule has 2 heterocycles. The number of hydrogen-bond acceptors (Lipinski definition) is 5. The van der Waals surface area contributed by atoms with E-state index in [4.69, 9.17) is 18.6 Å². The summed E-state index contributed by atoms with van der Waals surface area (Å²) in [4.78, 5) is 11.5. The van der Waals surface area contributed by atoms with Crippen molar-refractivity contribution in [3.63, 3.8) is 0 Å². The summed E-state index contributed by atoms with van der Waals surface area (Å²) in [6, 6.07) is 6.77. The molecule has 1 aromatic heterocycles. The normalized spacial score (nSPS) is 19.0. The van der Waals surface area contributed by atoms with Crippen molar-refractivity contribution in [1.82, 2.24) is 0 Å². The van der Waals surface area contributed by atoms with Crippen LogP contribution in [0.5, 0.6) is 11.5 Å². The Bertz CT molecular complexity index is 847. The molecule has 25 heavy (non-hydrogen) atoms. The Morgan fingerprint density at radius 3 is 2.68 bits per heavy atom. The maximum Gasteiger partial charge on any atom is 0.336 e. The zero-order valence-corrected chi connectivity index (χ0v) is 15.1. The van der Waals surface area contributed by atoms with Crippen LogP contribution < -0.4 is 15.1 Å². The van der Waals surface area contributed by atoms with Gasteiger partial charge in [0.15, 0.2) is 11.3 Å². The first-order chi connectivity index (χ1) is 11.9.